The van der Waals surface area contributed by atoms with Crippen molar-refractivity contribution in [1.29, 1.82) is 0 Å². The molecule has 1 aromatic carbocycles. The summed E-state index contributed by atoms with van der Waals surface area (Å²) in [5.74, 6) is 1.91. The highest BCUT2D eigenvalue weighted by Gasteiger charge is 2.16. The number of benzene rings is 1. The van der Waals surface area contributed by atoms with Gasteiger partial charge in [0.15, 0.2) is 0 Å². The van der Waals surface area contributed by atoms with Gasteiger partial charge in [0.1, 0.15) is 11.5 Å². The topological polar surface area (TPSA) is 37.6 Å². The molecule has 1 aliphatic rings. The van der Waals surface area contributed by atoms with Gasteiger partial charge >= 0.3 is 0 Å². The summed E-state index contributed by atoms with van der Waals surface area (Å²) >= 11 is 0. The van der Waals surface area contributed by atoms with Gasteiger partial charge < -0.3 is 19.4 Å². The van der Waals surface area contributed by atoms with Gasteiger partial charge in [0.2, 0.25) is 0 Å². The van der Waals surface area contributed by atoms with Crippen LogP contribution in [0.25, 0.3) is 0 Å². The summed E-state index contributed by atoms with van der Waals surface area (Å²) in [6, 6.07) is 12.6. The third kappa shape index (κ3) is 3.22. The van der Waals surface area contributed by atoms with Crippen LogP contribution in [0, 0.1) is 6.92 Å². The van der Waals surface area contributed by atoms with E-state index in [2.05, 4.69) is 41.4 Å². The number of nitrogens with one attached hydrogen (secondary N) is 1. The van der Waals surface area contributed by atoms with E-state index in [1.807, 2.05) is 19.1 Å². The molecule has 2 heterocycles. The molecule has 4 heteroatoms. The molecule has 3 rings (SSSR count). The Morgan fingerprint density at radius 3 is 2.57 bits per heavy atom. The van der Waals surface area contributed by atoms with Gasteiger partial charge in [-0.15, -0.1) is 0 Å². The van der Waals surface area contributed by atoms with Crippen LogP contribution in [0.15, 0.2) is 40.8 Å². The average Bonchev–Trinajstić information content (AvgIpc) is 2.95. The van der Waals surface area contributed by atoms with Crippen LogP contribution in [-0.2, 0) is 4.74 Å². The van der Waals surface area contributed by atoms with E-state index in [9.17, 15) is 0 Å². The third-order valence-electron chi connectivity index (χ3n) is 3.82. The van der Waals surface area contributed by atoms with Crippen LogP contribution in [0.3, 0.4) is 0 Å². The van der Waals surface area contributed by atoms with E-state index in [-0.39, 0.29) is 6.04 Å². The lowest BCUT2D eigenvalue weighted by atomic mass is 10.2. The zero-order valence-electron chi connectivity index (χ0n) is 12.6. The number of aryl methyl sites for hydroxylation is 1. The van der Waals surface area contributed by atoms with Crippen molar-refractivity contribution in [3.05, 3.63) is 47.9 Å². The third-order valence-corrected chi connectivity index (χ3v) is 3.82. The first-order chi connectivity index (χ1) is 10.2. The maximum Gasteiger partial charge on any atom is 0.126 e. The molecular formula is C17H22N2O2. The molecule has 0 spiro atoms. The fraction of sp³-hybridized carbons (Fsp3) is 0.412. The molecule has 21 heavy (non-hydrogen) atoms. The van der Waals surface area contributed by atoms with Crippen molar-refractivity contribution < 1.29 is 9.15 Å². The van der Waals surface area contributed by atoms with E-state index in [4.69, 9.17) is 9.15 Å². The Kier molecular flexibility index (Phi) is 4.15. The summed E-state index contributed by atoms with van der Waals surface area (Å²) < 4.78 is 11.1. The number of hydrogen-bond acceptors (Lipinski definition) is 4. The first kappa shape index (κ1) is 14.0. The standard InChI is InChI=1S/C17H22N2O2/c1-13-7-8-17(21-13)14(2)18-15-5-3-4-6-16(15)19-9-11-20-12-10-19/h3-8,14,18H,9-12H2,1-2H3. The number of furan rings is 1. The van der Waals surface area contributed by atoms with Gasteiger partial charge in [-0.25, -0.2) is 0 Å². The molecule has 112 valence electrons. The number of rotatable bonds is 4. The van der Waals surface area contributed by atoms with Gasteiger partial charge in [-0.05, 0) is 38.1 Å². The number of anilines is 2. The summed E-state index contributed by atoms with van der Waals surface area (Å²) in [5.41, 5.74) is 2.37. The van der Waals surface area contributed by atoms with E-state index < -0.39 is 0 Å². The van der Waals surface area contributed by atoms with E-state index >= 15 is 0 Å². The van der Waals surface area contributed by atoms with E-state index in [1.54, 1.807) is 0 Å². The molecule has 0 saturated carbocycles. The minimum atomic E-state index is 0.140. The summed E-state index contributed by atoms with van der Waals surface area (Å²) in [7, 11) is 0. The average molecular weight is 286 g/mol. The normalized spacial score (nSPS) is 16.8. The van der Waals surface area contributed by atoms with Gasteiger partial charge in [-0.1, -0.05) is 12.1 Å². The SMILES string of the molecule is Cc1ccc(C(C)Nc2ccccc2N2CCOCC2)o1. The number of morpholine rings is 1. The van der Waals surface area contributed by atoms with Crippen LogP contribution in [0.4, 0.5) is 11.4 Å². The number of para-hydroxylation sites is 2. The number of nitrogens with zero attached hydrogens (tertiary/aromatic N) is 1. The molecule has 1 aromatic heterocycles. The molecule has 1 aliphatic heterocycles. The van der Waals surface area contributed by atoms with E-state index in [0.717, 1.165) is 43.5 Å². The van der Waals surface area contributed by atoms with Crippen molar-refractivity contribution in [3.8, 4) is 0 Å². The maximum atomic E-state index is 5.71. The molecule has 1 saturated heterocycles. The molecular weight excluding hydrogens is 264 g/mol. The first-order valence-electron chi connectivity index (χ1n) is 7.48. The molecule has 0 bridgehead atoms. The lowest BCUT2D eigenvalue weighted by Gasteiger charge is -2.31. The quantitative estimate of drug-likeness (QED) is 0.932. The zero-order valence-corrected chi connectivity index (χ0v) is 12.6. The van der Waals surface area contributed by atoms with Gasteiger partial charge in [-0.2, -0.15) is 0 Å². The summed E-state index contributed by atoms with van der Waals surface area (Å²) in [6.07, 6.45) is 0. The van der Waals surface area contributed by atoms with Crippen molar-refractivity contribution in [2.75, 3.05) is 36.5 Å². The molecule has 1 fully saturated rings. The fourth-order valence-electron chi connectivity index (χ4n) is 2.67. The van der Waals surface area contributed by atoms with Gasteiger partial charge in [0, 0.05) is 13.1 Å². The second-order valence-electron chi connectivity index (χ2n) is 5.43. The smallest absolute Gasteiger partial charge is 0.126 e. The van der Waals surface area contributed by atoms with Crippen molar-refractivity contribution in [1.82, 2.24) is 0 Å². The van der Waals surface area contributed by atoms with Crippen LogP contribution in [0.5, 0.6) is 0 Å². The van der Waals surface area contributed by atoms with E-state index in [1.165, 1.54) is 5.69 Å². The summed E-state index contributed by atoms with van der Waals surface area (Å²) in [4.78, 5) is 2.37. The molecule has 1 atom stereocenters. The molecule has 2 aromatic rings. The molecule has 1 N–H and O–H groups in total. The Morgan fingerprint density at radius 1 is 1.10 bits per heavy atom. The zero-order chi connectivity index (χ0) is 14.7. The minimum absolute atomic E-state index is 0.140. The van der Waals surface area contributed by atoms with Gasteiger partial charge in [0.05, 0.1) is 30.6 Å². The van der Waals surface area contributed by atoms with Crippen LogP contribution in [0.2, 0.25) is 0 Å². The highest BCUT2D eigenvalue weighted by Crippen LogP contribution is 2.30. The van der Waals surface area contributed by atoms with Crippen LogP contribution < -0.4 is 10.2 Å². The van der Waals surface area contributed by atoms with Crippen molar-refractivity contribution >= 4 is 11.4 Å². The van der Waals surface area contributed by atoms with E-state index in [0.29, 0.717) is 0 Å². The lowest BCUT2D eigenvalue weighted by Crippen LogP contribution is -2.36. The Bertz CT molecular complexity index is 588. The largest absolute Gasteiger partial charge is 0.464 e. The van der Waals surface area contributed by atoms with Crippen LogP contribution in [0.1, 0.15) is 24.5 Å². The van der Waals surface area contributed by atoms with Crippen molar-refractivity contribution in [2.45, 2.75) is 19.9 Å². The Balaban J connectivity index is 1.78. The van der Waals surface area contributed by atoms with Gasteiger partial charge in [-0.3, -0.25) is 0 Å². The highest BCUT2D eigenvalue weighted by atomic mass is 16.5. The summed E-state index contributed by atoms with van der Waals surface area (Å²) in [6.45, 7) is 7.55. The molecule has 0 amide bonds. The maximum absolute atomic E-state index is 5.71. The lowest BCUT2D eigenvalue weighted by molar-refractivity contribution is 0.123. The Hall–Kier alpha value is -1.94. The summed E-state index contributed by atoms with van der Waals surface area (Å²) in [5, 5.41) is 3.56. The minimum Gasteiger partial charge on any atom is -0.464 e. The first-order valence-corrected chi connectivity index (χ1v) is 7.48. The molecule has 0 aliphatic carbocycles. The second-order valence-corrected chi connectivity index (χ2v) is 5.43. The predicted molar refractivity (Wildman–Crippen MR) is 85.0 cm³/mol. The Labute approximate surface area is 125 Å². The number of ether oxygens (including phenoxy) is 1. The molecule has 4 nitrogen and oxygen atoms in total. The Morgan fingerprint density at radius 2 is 1.86 bits per heavy atom. The van der Waals surface area contributed by atoms with Crippen molar-refractivity contribution in [3.63, 3.8) is 0 Å². The van der Waals surface area contributed by atoms with Crippen molar-refractivity contribution in [2.24, 2.45) is 0 Å². The molecule has 0 radical (unpaired) electrons. The fourth-order valence-corrected chi connectivity index (χ4v) is 2.67. The van der Waals surface area contributed by atoms with Gasteiger partial charge in [0.25, 0.3) is 0 Å². The van der Waals surface area contributed by atoms with Crippen LogP contribution >= 0.6 is 0 Å². The predicted octanol–water partition coefficient (Wildman–Crippen LogP) is 3.60. The van der Waals surface area contributed by atoms with Crippen LogP contribution in [-0.4, -0.2) is 26.3 Å². The monoisotopic (exact) mass is 286 g/mol. The highest BCUT2D eigenvalue weighted by molar-refractivity contribution is 5.70. The second kappa shape index (κ2) is 6.22. The number of hydrogen-bond donors (Lipinski definition) is 1. The molecule has 1 unspecified atom stereocenters.